The van der Waals surface area contributed by atoms with Gasteiger partial charge in [-0.05, 0) is 37.1 Å². The first-order chi connectivity index (χ1) is 12.1. The van der Waals surface area contributed by atoms with Crippen molar-refractivity contribution in [2.45, 2.75) is 26.7 Å². The van der Waals surface area contributed by atoms with E-state index in [1.165, 1.54) is 12.3 Å². The zero-order chi connectivity index (χ0) is 18.2. The number of halogens is 1. The number of anilines is 1. The first-order valence-electron chi connectivity index (χ1n) is 8.38. The van der Waals surface area contributed by atoms with E-state index in [2.05, 4.69) is 10.3 Å². The van der Waals surface area contributed by atoms with Crippen LogP contribution in [0.2, 0.25) is 5.02 Å². The third-order valence-electron chi connectivity index (χ3n) is 3.64. The van der Waals surface area contributed by atoms with E-state index in [1.807, 2.05) is 13.8 Å². The van der Waals surface area contributed by atoms with Crippen molar-refractivity contribution in [2.75, 3.05) is 18.4 Å². The Morgan fingerprint density at radius 3 is 2.44 bits per heavy atom. The summed E-state index contributed by atoms with van der Waals surface area (Å²) in [6.07, 6.45) is 3.25. The van der Waals surface area contributed by atoms with Gasteiger partial charge in [0, 0.05) is 24.8 Å². The van der Waals surface area contributed by atoms with E-state index in [1.54, 1.807) is 35.2 Å². The number of carbonyl (C=O) groups is 2. The zero-order valence-electron chi connectivity index (χ0n) is 14.5. The molecule has 0 spiro atoms. The average Bonchev–Trinajstić information content (AvgIpc) is 2.63. The van der Waals surface area contributed by atoms with Crippen LogP contribution in [0.4, 0.5) is 5.69 Å². The van der Waals surface area contributed by atoms with Gasteiger partial charge in [-0.15, -0.1) is 0 Å². The van der Waals surface area contributed by atoms with Crippen molar-refractivity contribution < 1.29 is 9.59 Å². The number of para-hydroxylation sites is 1. The molecule has 2 rings (SSSR count). The Morgan fingerprint density at radius 1 is 1.12 bits per heavy atom. The van der Waals surface area contributed by atoms with Crippen LogP contribution in [-0.2, 0) is 0 Å². The minimum Gasteiger partial charge on any atom is -0.339 e. The van der Waals surface area contributed by atoms with E-state index < -0.39 is 5.91 Å². The number of rotatable bonds is 7. The van der Waals surface area contributed by atoms with Crippen LogP contribution in [0.1, 0.15) is 47.5 Å². The van der Waals surface area contributed by atoms with E-state index in [9.17, 15) is 9.59 Å². The van der Waals surface area contributed by atoms with Crippen LogP contribution in [0, 0.1) is 0 Å². The summed E-state index contributed by atoms with van der Waals surface area (Å²) in [6.45, 7) is 5.45. The van der Waals surface area contributed by atoms with Crippen molar-refractivity contribution in [3.8, 4) is 0 Å². The molecule has 6 heteroatoms. The van der Waals surface area contributed by atoms with Gasteiger partial charge >= 0.3 is 0 Å². The molecule has 1 N–H and O–H groups in total. The minimum atomic E-state index is -0.403. The molecule has 0 aliphatic heterocycles. The largest absolute Gasteiger partial charge is 0.339 e. The minimum absolute atomic E-state index is 0.0853. The summed E-state index contributed by atoms with van der Waals surface area (Å²) in [5.41, 5.74) is 1.14. The van der Waals surface area contributed by atoms with Gasteiger partial charge < -0.3 is 10.2 Å². The van der Waals surface area contributed by atoms with E-state index in [0.29, 0.717) is 29.4 Å². The smallest absolute Gasteiger partial charge is 0.274 e. The molecule has 0 aliphatic rings. The summed E-state index contributed by atoms with van der Waals surface area (Å²) in [4.78, 5) is 30.9. The molecule has 1 aromatic carbocycles. The van der Waals surface area contributed by atoms with Crippen molar-refractivity contribution in [3.63, 3.8) is 0 Å². The molecule has 25 heavy (non-hydrogen) atoms. The van der Waals surface area contributed by atoms with Crippen LogP contribution in [0.5, 0.6) is 0 Å². The number of pyridine rings is 1. The molecule has 0 atom stereocenters. The Hall–Kier alpha value is -2.40. The summed E-state index contributed by atoms with van der Waals surface area (Å²) in [5.74, 6) is -0.488. The molecule has 0 aliphatic carbocycles. The highest BCUT2D eigenvalue weighted by Gasteiger charge is 2.17. The first kappa shape index (κ1) is 18.9. The number of aromatic nitrogens is 1. The van der Waals surface area contributed by atoms with Gasteiger partial charge in [0.05, 0.1) is 10.7 Å². The van der Waals surface area contributed by atoms with Crippen LogP contribution in [0.15, 0.2) is 42.6 Å². The van der Waals surface area contributed by atoms with Crippen molar-refractivity contribution in [1.82, 2.24) is 9.88 Å². The maximum atomic E-state index is 12.7. The molecule has 0 bridgehead atoms. The number of nitrogens with one attached hydrogen (secondary N) is 1. The molecule has 0 saturated carbocycles. The second-order valence-corrected chi connectivity index (χ2v) is 6.06. The Kier molecular flexibility index (Phi) is 6.95. The molecule has 0 unspecified atom stereocenters. The van der Waals surface area contributed by atoms with Gasteiger partial charge in [0.2, 0.25) is 0 Å². The summed E-state index contributed by atoms with van der Waals surface area (Å²) in [7, 11) is 0. The zero-order valence-corrected chi connectivity index (χ0v) is 15.2. The van der Waals surface area contributed by atoms with Gasteiger partial charge in [-0.3, -0.25) is 14.6 Å². The molecule has 0 radical (unpaired) electrons. The molecule has 0 saturated heterocycles. The lowest BCUT2D eigenvalue weighted by Gasteiger charge is -2.21. The average molecular weight is 360 g/mol. The summed E-state index contributed by atoms with van der Waals surface area (Å²) in [6, 6.07) is 10.1. The van der Waals surface area contributed by atoms with E-state index >= 15 is 0 Å². The maximum Gasteiger partial charge on any atom is 0.274 e. The lowest BCUT2D eigenvalue weighted by molar-refractivity contribution is 0.0755. The van der Waals surface area contributed by atoms with Crippen molar-refractivity contribution in [2.24, 2.45) is 0 Å². The number of carbonyl (C=O) groups excluding carboxylic acids is 2. The predicted octanol–water partition coefficient (Wildman–Crippen LogP) is 4.25. The molecule has 1 heterocycles. The van der Waals surface area contributed by atoms with Gasteiger partial charge in [-0.1, -0.05) is 37.6 Å². The monoisotopic (exact) mass is 359 g/mol. The van der Waals surface area contributed by atoms with Gasteiger partial charge in [-0.2, -0.15) is 0 Å². The summed E-state index contributed by atoms with van der Waals surface area (Å²) in [5, 5.41) is 3.16. The SMILES string of the molecule is CCCN(CCC)C(=O)c1ccnc(C(=O)Nc2ccccc2Cl)c1. The van der Waals surface area contributed by atoms with Crippen LogP contribution in [0.3, 0.4) is 0 Å². The second kappa shape index (κ2) is 9.18. The van der Waals surface area contributed by atoms with Crippen molar-refractivity contribution in [1.29, 1.82) is 0 Å². The second-order valence-electron chi connectivity index (χ2n) is 5.66. The molecule has 0 fully saturated rings. The fraction of sp³-hybridized carbons (Fsp3) is 0.316. The predicted molar refractivity (Wildman–Crippen MR) is 100 cm³/mol. The Balaban J connectivity index is 2.18. The normalized spacial score (nSPS) is 10.4. The number of hydrogen-bond donors (Lipinski definition) is 1. The Bertz CT molecular complexity index is 743. The third-order valence-corrected chi connectivity index (χ3v) is 3.97. The molecule has 2 aromatic rings. The third kappa shape index (κ3) is 5.03. The van der Waals surface area contributed by atoms with Crippen molar-refractivity contribution in [3.05, 3.63) is 58.9 Å². The highest BCUT2D eigenvalue weighted by Crippen LogP contribution is 2.21. The van der Waals surface area contributed by atoms with E-state index in [0.717, 1.165) is 12.8 Å². The van der Waals surface area contributed by atoms with Crippen LogP contribution < -0.4 is 5.32 Å². The Morgan fingerprint density at radius 2 is 1.80 bits per heavy atom. The van der Waals surface area contributed by atoms with E-state index in [-0.39, 0.29) is 11.6 Å². The van der Waals surface area contributed by atoms with E-state index in [4.69, 9.17) is 11.6 Å². The number of hydrogen-bond acceptors (Lipinski definition) is 3. The highest BCUT2D eigenvalue weighted by atomic mass is 35.5. The number of amides is 2. The highest BCUT2D eigenvalue weighted by molar-refractivity contribution is 6.33. The lowest BCUT2D eigenvalue weighted by atomic mass is 10.1. The van der Waals surface area contributed by atoms with Gasteiger partial charge in [0.15, 0.2) is 0 Å². The van der Waals surface area contributed by atoms with Crippen LogP contribution >= 0.6 is 11.6 Å². The first-order valence-corrected chi connectivity index (χ1v) is 8.75. The lowest BCUT2D eigenvalue weighted by Crippen LogP contribution is -2.32. The number of nitrogens with zero attached hydrogens (tertiary/aromatic N) is 2. The quantitative estimate of drug-likeness (QED) is 0.803. The van der Waals surface area contributed by atoms with Gasteiger partial charge in [0.25, 0.3) is 11.8 Å². The fourth-order valence-electron chi connectivity index (χ4n) is 2.47. The van der Waals surface area contributed by atoms with Crippen LogP contribution in [0.25, 0.3) is 0 Å². The van der Waals surface area contributed by atoms with Gasteiger partial charge in [-0.25, -0.2) is 0 Å². The maximum absolute atomic E-state index is 12.7. The van der Waals surface area contributed by atoms with Gasteiger partial charge in [0.1, 0.15) is 5.69 Å². The molecule has 2 amide bonds. The fourth-order valence-corrected chi connectivity index (χ4v) is 2.66. The number of benzene rings is 1. The van der Waals surface area contributed by atoms with Crippen LogP contribution in [-0.4, -0.2) is 34.8 Å². The molecule has 132 valence electrons. The molecule has 1 aromatic heterocycles. The Labute approximate surface area is 153 Å². The summed E-state index contributed by atoms with van der Waals surface area (Å²) >= 11 is 6.05. The molecule has 5 nitrogen and oxygen atoms in total. The molecular weight excluding hydrogens is 338 g/mol. The van der Waals surface area contributed by atoms with Crippen molar-refractivity contribution >= 4 is 29.1 Å². The molecular formula is C19H22ClN3O2. The topological polar surface area (TPSA) is 62.3 Å². The standard InChI is InChI=1S/C19H22ClN3O2/c1-3-11-23(12-4-2)19(25)14-9-10-21-17(13-14)18(24)22-16-8-6-5-7-15(16)20/h5-10,13H,3-4,11-12H2,1-2H3,(H,22,24). The summed E-state index contributed by atoms with van der Waals surface area (Å²) < 4.78 is 0.